The molecule has 0 spiro atoms. The monoisotopic (exact) mass is 342 g/mol. The minimum absolute atomic E-state index is 0.162. The first-order valence-electron chi connectivity index (χ1n) is 7.93. The SMILES string of the molecule is COc1cc(C=NNc2ccccc2C(=O)O)ccc1OCC(C)C. The number of rotatable bonds is 8. The van der Waals surface area contributed by atoms with Crippen LogP contribution in [0.25, 0.3) is 0 Å². The number of aromatic carboxylic acids is 1. The Morgan fingerprint density at radius 2 is 2.00 bits per heavy atom. The molecule has 2 rings (SSSR count). The van der Waals surface area contributed by atoms with E-state index in [1.807, 2.05) is 18.2 Å². The van der Waals surface area contributed by atoms with Gasteiger partial charge in [-0.25, -0.2) is 4.79 Å². The fraction of sp³-hybridized carbons (Fsp3) is 0.263. The van der Waals surface area contributed by atoms with Crippen LogP contribution in [-0.2, 0) is 0 Å². The van der Waals surface area contributed by atoms with Crippen molar-refractivity contribution >= 4 is 17.9 Å². The number of hydrogen-bond acceptors (Lipinski definition) is 5. The van der Waals surface area contributed by atoms with Crippen LogP contribution in [0.5, 0.6) is 11.5 Å². The van der Waals surface area contributed by atoms with Crippen LogP contribution in [0.15, 0.2) is 47.6 Å². The molecule has 0 fully saturated rings. The molecule has 0 aliphatic heterocycles. The number of hydrogen-bond donors (Lipinski definition) is 2. The first-order chi connectivity index (χ1) is 12.0. The second kappa shape index (κ2) is 8.73. The summed E-state index contributed by atoms with van der Waals surface area (Å²) in [6.45, 7) is 4.76. The molecule has 2 aromatic carbocycles. The van der Waals surface area contributed by atoms with Crippen molar-refractivity contribution in [2.24, 2.45) is 11.0 Å². The van der Waals surface area contributed by atoms with Gasteiger partial charge in [0.25, 0.3) is 0 Å². The van der Waals surface area contributed by atoms with Gasteiger partial charge in [-0.3, -0.25) is 5.43 Å². The van der Waals surface area contributed by atoms with Crippen molar-refractivity contribution in [1.29, 1.82) is 0 Å². The number of para-hydroxylation sites is 1. The maximum Gasteiger partial charge on any atom is 0.337 e. The van der Waals surface area contributed by atoms with Gasteiger partial charge in [-0.1, -0.05) is 26.0 Å². The van der Waals surface area contributed by atoms with Crippen LogP contribution < -0.4 is 14.9 Å². The van der Waals surface area contributed by atoms with E-state index >= 15 is 0 Å². The predicted molar refractivity (Wildman–Crippen MR) is 97.9 cm³/mol. The average Bonchev–Trinajstić information content (AvgIpc) is 2.60. The second-order valence-corrected chi connectivity index (χ2v) is 5.84. The largest absolute Gasteiger partial charge is 0.493 e. The number of carboxylic acids is 1. The number of methoxy groups -OCH3 is 1. The Balaban J connectivity index is 2.10. The molecule has 6 nitrogen and oxygen atoms in total. The van der Waals surface area contributed by atoms with Crippen molar-refractivity contribution < 1.29 is 19.4 Å². The van der Waals surface area contributed by atoms with Gasteiger partial charge in [0, 0.05) is 0 Å². The van der Waals surface area contributed by atoms with Crippen LogP contribution in [-0.4, -0.2) is 31.0 Å². The van der Waals surface area contributed by atoms with Crippen molar-refractivity contribution in [3.05, 3.63) is 53.6 Å². The minimum Gasteiger partial charge on any atom is -0.493 e. The summed E-state index contributed by atoms with van der Waals surface area (Å²) in [4.78, 5) is 11.2. The molecule has 0 radical (unpaired) electrons. The lowest BCUT2D eigenvalue weighted by Gasteiger charge is -2.12. The number of carboxylic acid groups (broad SMARTS) is 1. The van der Waals surface area contributed by atoms with Gasteiger partial charge in [-0.15, -0.1) is 0 Å². The number of benzene rings is 2. The Hall–Kier alpha value is -3.02. The Morgan fingerprint density at radius 1 is 1.24 bits per heavy atom. The van der Waals surface area contributed by atoms with E-state index in [1.165, 1.54) is 6.07 Å². The van der Waals surface area contributed by atoms with E-state index in [9.17, 15) is 4.79 Å². The molecule has 25 heavy (non-hydrogen) atoms. The highest BCUT2D eigenvalue weighted by molar-refractivity contribution is 5.94. The van der Waals surface area contributed by atoms with Gasteiger partial charge in [0.05, 0.1) is 31.2 Å². The first-order valence-corrected chi connectivity index (χ1v) is 7.93. The lowest BCUT2D eigenvalue weighted by Crippen LogP contribution is -2.05. The zero-order chi connectivity index (χ0) is 18.2. The van der Waals surface area contributed by atoms with Gasteiger partial charge >= 0.3 is 5.97 Å². The number of carbonyl (C=O) groups is 1. The Kier molecular flexibility index (Phi) is 6.39. The molecule has 0 aliphatic rings. The topological polar surface area (TPSA) is 80.2 Å². The summed E-state index contributed by atoms with van der Waals surface area (Å²) in [6, 6.07) is 12.1. The van der Waals surface area contributed by atoms with Crippen LogP contribution in [0.2, 0.25) is 0 Å². The molecule has 2 N–H and O–H groups in total. The minimum atomic E-state index is -1.01. The average molecular weight is 342 g/mol. The van der Waals surface area contributed by atoms with E-state index in [0.29, 0.717) is 29.7 Å². The zero-order valence-corrected chi connectivity index (χ0v) is 14.5. The number of nitrogens with one attached hydrogen (secondary N) is 1. The number of hydrazone groups is 1. The third kappa shape index (κ3) is 5.24. The molecule has 2 aromatic rings. The molecule has 0 aliphatic carbocycles. The molecular weight excluding hydrogens is 320 g/mol. The van der Waals surface area contributed by atoms with Gasteiger partial charge in [-0.2, -0.15) is 5.10 Å². The van der Waals surface area contributed by atoms with Crippen LogP contribution in [0.4, 0.5) is 5.69 Å². The van der Waals surface area contributed by atoms with Crippen molar-refractivity contribution in [2.75, 3.05) is 19.1 Å². The van der Waals surface area contributed by atoms with E-state index in [0.717, 1.165) is 5.56 Å². The van der Waals surface area contributed by atoms with E-state index in [2.05, 4.69) is 24.4 Å². The van der Waals surface area contributed by atoms with Gasteiger partial charge < -0.3 is 14.6 Å². The molecule has 0 bridgehead atoms. The maximum absolute atomic E-state index is 11.2. The summed E-state index contributed by atoms with van der Waals surface area (Å²) in [5, 5.41) is 13.2. The van der Waals surface area contributed by atoms with Crippen LogP contribution >= 0.6 is 0 Å². The quantitative estimate of drug-likeness (QED) is 0.562. The summed E-state index contributed by atoms with van der Waals surface area (Å²) in [5.41, 5.74) is 4.14. The molecule has 0 amide bonds. The zero-order valence-electron chi connectivity index (χ0n) is 14.5. The summed E-state index contributed by atoms with van der Waals surface area (Å²) in [7, 11) is 1.58. The fourth-order valence-electron chi connectivity index (χ4n) is 2.08. The van der Waals surface area contributed by atoms with Crippen LogP contribution in [0, 0.1) is 5.92 Å². The van der Waals surface area contributed by atoms with Crippen LogP contribution in [0.1, 0.15) is 29.8 Å². The van der Waals surface area contributed by atoms with E-state index in [4.69, 9.17) is 14.6 Å². The highest BCUT2D eigenvalue weighted by atomic mass is 16.5. The summed E-state index contributed by atoms with van der Waals surface area (Å²) >= 11 is 0. The summed E-state index contributed by atoms with van der Waals surface area (Å²) in [6.07, 6.45) is 1.59. The Morgan fingerprint density at radius 3 is 2.68 bits per heavy atom. The van der Waals surface area contributed by atoms with Crippen molar-refractivity contribution in [2.45, 2.75) is 13.8 Å². The molecule has 0 unspecified atom stereocenters. The lowest BCUT2D eigenvalue weighted by atomic mass is 10.2. The molecule has 0 aromatic heterocycles. The van der Waals surface area contributed by atoms with E-state index < -0.39 is 5.97 Å². The van der Waals surface area contributed by atoms with Gasteiger partial charge in [0.15, 0.2) is 11.5 Å². The summed E-state index contributed by atoms with van der Waals surface area (Å²) in [5.74, 6) is 0.712. The molecule has 6 heteroatoms. The standard InChI is InChI=1S/C19H22N2O4/c1-13(2)12-25-17-9-8-14(10-18(17)24-3)11-20-21-16-7-5-4-6-15(16)19(22)23/h4-11,13,21H,12H2,1-3H3,(H,22,23). The smallest absolute Gasteiger partial charge is 0.337 e. The van der Waals surface area contributed by atoms with Crippen molar-refractivity contribution in [1.82, 2.24) is 0 Å². The molecule has 0 atom stereocenters. The van der Waals surface area contributed by atoms with Gasteiger partial charge in [0.2, 0.25) is 0 Å². The lowest BCUT2D eigenvalue weighted by molar-refractivity contribution is 0.0698. The predicted octanol–water partition coefficient (Wildman–Crippen LogP) is 3.87. The molecule has 132 valence electrons. The van der Waals surface area contributed by atoms with Gasteiger partial charge in [0.1, 0.15) is 0 Å². The second-order valence-electron chi connectivity index (χ2n) is 5.84. The molecule has 0 heterocycles. The normalized spacial score (nSPS) is 10.9. The Labute approximate surface area is 147 Å². The third-order valence-electron chi connectivity index (χ3n) is 3.32. The number of nitrogens with zero attached hydrogens (tertiary/aromatic N) is 1. The number of anilines is 1. The third-order valence-corrected chi connectivity index (χ3v) is 3.32. The number of ether oxygens (including phenoxy) is 2. The maximum atomic E-state index is 11.2. The highest BCUT2D eigenvalue weighted by Crippen LogP contribution is 2.28. The molecule has 0 saturated carbocycles. The fourth-order valence-corrected chi connectivity index (χ4v) is 2.08. The molecule has 0 saturated heterocycles. The molecular formula is C19H22N2O4. The van der Waals surface area contributed by atoms with Gasteiger partial charge in [-0.05, 0) is 41.8 Å². The van der Waals surface area contributed by atoms with Crippen molar-refractivity contribution in [3.8, 4) is 11.5 Å². The first kappa shape index (κ1) is 18.3. The van der Waals surface area contributed by atoms with E-state index in [1.54, 1.807) is 31.5 Å². The summed E-state index contributed by atoms with van der Waals surface area (Å²) < 4.78 is 11.1. The Bertz CT molecular complexity index is 757. The highest BCUT2D eigenvalue weighted by Gasteiger charge is 2.08. The van der Waals surface area contributed by atoms with Crippen molar-refractivity contribution in [3.63, 3.8) is 0 Å². The van der Waals surface area contributed by atoms with E-state index in [-0.39, 0.29) is 5.56 Å². The van der Waals surface area contributed by atoms with Crippen LogP contribution in [0.3, 0.4) is 0 Å².